The molecule has 1 N–H and O–H groups in total. The van der Waals surface area contributed by atoms with E-state index in [9.17, 15) is 9.59 Å². The maximum atomic E-state index is 12.9. The van der Waals surface area contributed by atoms with Gasteiger partial charge in [-0.05, 0) is 42.9 Å². The van der Waals surface area contributed by atoms with E-state index in [0.717, 1.165) is 24.4 Å². The maximum Gasteiger partial charge on any atom is 0.328 e. The highest BCUT2D eigenvalue weighted by Crippen LogP contribution is 2.25. The molecular formula is C21H25N3O3. The van der Waals surface area contributed by atoms with Crippen LogP contribution in [0.1, 0.15) is 25.5 Å². The number of nitrogens with zero attached hydrogens (tertiary/aromatic N) is 2. The molecule has 6 nitrogen and oxygen atoms in total. The Hall–Kier alpha value is -2.86. The van der Waals surface area contributed by atoms with E-state index >= 15 is 0 Å². The fourth-order valence-corrected chi connectivity index (χ4v) is 3.48. The second-order valence-electron chi connectivity index (χ2n) is 6.41. The number of rotatable bonds is 7. The first-order chi connectivity index (χ1) is 13.1. The highest BCUT2D eigenvalue weighted by atomic mass is 16.5. The minimum atomic E-state index is -0.390. The molecule has 0 saturated carbocycles. The summed E-state index contributed by atoms with van der Waals surface area (Å²) in [5.41, 5.74) is 0.912. The van der Waals surface area contributed by atoms with Crippen LogP contribution in [0.3, 0.4) is 0 Å². The molecule has 1 aromatic heterocycles. The predicted molar refractivity (Wildman–Crippen MR) is 107 cm³/mol. The van der Waals surface area contributed by atoms with Crippen molar-refractivity contribution in [1.82, 2.24) is 14.5 Å². The third-order valence-electron chi connectivity index (χ3n) is 4.98. The van der Waals surface area contributed by atoms with Gasteiger partial charge < -0.3 is 9.72 Å². The van der Waals surface area contributed by atoms with E-state index in [1.54, 1.807) is 31.4 Å². The van der Waals surface area contributed by atoms with Crippen molar-refractivity contribution in [3.05, 3.63) is 74.9 Å². The highest BCUT2D eigenvalue weighted by molar-refractivity contribution is 5.76. The van der Waals surface area contributed by atoms with E-state index in [0.29, 0.717) is 10.9 Å². The Bertz CT molecular complexity index is 1030. The van der Waals surface area contributed by atoms with Gasteiger partial charge in [0.15, 0.2) is 0 Å². The molecule has 0 aliphatic heterocycles. The lowest BCUT2D eigenvalue weighted by Gasteiger charge is -2.30. The third-order valence-corrected chi connectivity index (χ3v) is 4.98. The summed E-state index contributed by atoms with van der Waals surface area (Å²) in [5, 5.41) is 0.515. The average molecular weight is 367 g/mol. The molecule has 27 heavy (non-hydrogen) atoms. The quantitative estimate of drug-likeness (QED) is 0.697. The van der Waals surface area contributed by atoms with Gasteiger partial charge in [-0.3, -0.25) is 14.3 Å². The topological polar surface area (TPSA) is 67.3 Å². The molecule has 0 amide bonds. The molecule has 1 heterocycles. The second-order valence-corrected chi connectivity index (χ2v) is 6.41. The molecule has 0 aliphatic rings. The van der Waals surface area contributed by atoms with E-state index in [1.165, 1.54) is 4.57 Å². The summed E-state index contributed by atoms with van der Waals surface area (Å²) in [7, 11) is 1.63. The largest absolute Gasteiger partial charge is 0.497 e. The molecule has 0 radical (unpaired) electrons. The van der Waals surface area contributed by atoms with Gasteiger partial charge in [-0.2, -0.15) is 0 Å². The smallest absolute Gasteiger partial charge is 0.328 e. The number of aromatic nitrogens is 2. The Balaban J connectivity index is 2.11. The molecule has 0 spiro atoms. The number of ether oxygens (including phenoxy) is 1. The van der Waals surface area contributed by atoms with Crippen molar-refractivity contribution < 1.29 is 4.74 Å². The van der Waals surface area contributed by atoms with Crippen molar-refractivity contribution in [2.24, 2.45) is 0 Å². The molecule has 1 atom stereocenters. The predicted octanol–water partition coefficient (Wildman–Crippen LogP) is 2.78. The van der Waals surface area contributed by atoms with Gasteiger partial charge in [0.25, 0.3) is 5.56 Å². The number of methoxy groups -OCH3 is 1. The standard InChI is InChI=1S/C21H25N3O3/c1-4-23(5-2)19(15-9-8-10-16(13-15)27-3)14-24-20(25)17-11-6-7-12-18(17)22-21(24)26/h6-13,19H,4-5,14H2,1-3H3,(H,22,26). The Labute approximate surface area is 158 Å². The molecule has 2 aromatic carbocycles. The van der Waals surface area contributed by atoms with Crippen LogP contribution in [0.2, 0.25) is 0 Å². The number of likely N-dealkylation sites (N-methyl/N-ethyl adjacent to an activating group) is 1. The zero-order valence-corrected chi connectivity index (χ0v) is 15.9. The molecular weight excluding hydrogens is 342 g/mol. The molecule has 0 saturated heterocycles. The molecule has 0 aliphatic carbocycles. The first-order valence-corrected chi connectivity index (χ1v) is 9.18. The monoisotopic (exact) mass is 367 g/mol. The van der Waals surface area contributed by atoms with Crippen molar-refractivity contribution >= 4 is 10.9 Å². The first kappa shape index (κ1) is 18.9. The summed E-state index contributed by atoms with van der Waals surface area (Å²) >= 11 is 0. The van der Waals surface area contributed by atoms with Gasteiger partial charge in [0, 0.05) is 0 Å². The van der Waals surface area contributed by atoms with E-state index < -0.39 is 5.69 Å². The van der Waals surface area contributed by atoms with E-state index in [2.05, 4.69) is 23.7 Å². The molecule has 6 heteroatoms. The summed E-state index contributed by atoms with van der Waals surface area (Å²) in [6.07, 6.45) is 0. The fourth-order valence-electron chi connectivity index (χ4n) is 3.48. The number of H-pyrrole nitrogens is 1. The molecule has 3 aromatic rings. The molecule has 142 valence electrons. The zero-order chi connectivity index (χ0) is 19.4. The fraction of sp³-hybridized carbons (Fsp3) is 0.333. The van der Waals surface area contributed by atoms with Crippen molar-refractivity contribution in [2.45, 2.75) is 26.4 Å². The number of para-hydroxylation sites is 1. The van der Waals surface area contributed by atoms with Crippen LogP contribution >= 0.6 is 0 Å². The number of benzene rings is 2. The Morgan fingerprint density at radius 1 is 1.07 bits per heavy atom. The van der Waals surface area contributed by atoms with Crippen LogP contribution in [0.5, 0.6) is 5.75 Å². The Kier molecular flexibility index (Phi) is 5.76. The number of hydrogen-bond acceptors (Lipinski definition) is 4. The summed E-state index contributed by atoms with van der Waals surface area (Å²) in [6, 6.07) is 14.8. The lowest BCUT2D eigenvalue weighted by atomic mass is 10.0. The number of nitrogens with one attached hydrogen (secondary N) is 1. The number of hydrogen-bond donors (Lipinski definition) is 1. The van der Waals surface area contributed by atoms with Gasteiger partial charge in [0.2, 0.25) is 0 Å². The lowest BCUT2D eigenvalue weighted by Crippen LogP contribution is -2.40. The molecule has 0 fully saturated rings. The van der Waals surface area contributed by atoms with Crippen LogP contribution in [-0.2, 0) is 6.54 Å². The Morgan fingerprint density at radius 3 is 2.52 bits per heavy atom. The minimum Gasteiger partial charge on any atom is -0.497 e. The molecule has 1 unspecified atom stereocenters. The zero-order valence-electron chi connectivity index (χ0n) is 15.9. The van der Waals surface area contributed by atoms with Crippen molar-refractivity contribution in [3.63, 3.8) is 0 Å². The van der Waals surface area contributed by atoms with Crippen molar-refractivity contribution in [2.75, 3.05) is 20.2 Å². The summed E-state index contributed by atoms with van der Waals surface area (Å²) < 4.78 is 6.65. The van der Waals surface area contributed by atoms with E-state index in [1.807, 2.05) is 24.3 Å². The minimum absolute atomic E-state index is 0.116. The van der Waals surface area contributed by atoms with Crippen LogP contribution in [0.25, 0.3) is 10.9 Å². The number of fused-ring (bicyclic) bond motifs is 1. The van der Waals surface area contributed by atoms with Crippen LogP contribution in [0, 0.1) is 0 Å². The lowest BCUT2D eigenvalue weighted by molar-refractivity contribution is 0.194. The second kappa shape index (κ2) is 8.22. The summed E-state index contributed by atoms with van der Waals surface area (Å²) in [6.45, 7) is 6.03. The summed E-state index contributed by atoms with van der Waals surface area (Å²) in [4.78, 5) is 30.6. The van der Waals surface area contributed by atoms with Crippen molar-refractivity contribution in [1.29, 1.82) is 0 Å². The summed E-state index contributed by atoms with van der Waals surface area (Å²) in [5.74, 6) is 0.754. The van der Waals surface area contributed by atoms with E-state index in [4.69, 9.17) is 4.74 Å². The van der Waals surface area contributed by atoms with Gasteiger partial charge in [0.05, 0.1) is 30.6 Å². The van der Waals surface area contributed by atoms with Gasteiger partial charge in [0.1, 0.15) is 5.75 Å². The third kappa shape index (κ3) is 3.80. The van der Waals surface area contributed by atoms with Gasteiger partial charge >= 0.3 is 5.69 Å². The van der Waals surface area contributed by atoms with Crippen LogP contribution in [0.4, 0.5) is 0 Å². The highest BCUT2D eigenvalue weighted by Gasteiger charge is 2.21. The van der Waals surface area contributed by atoms with Crippen LogP contribution in [-0.4, -0.2) is 34.7 Å². The van der Waals surface area contributed by atoms with Crippen LogP contribution < -0.4 is 16.0 Å². The van der Waals surface area contributed by atoms with Gasteiger partial charge in [-0.1, -0.05) is 38.1 Å². The van der Waals surface area contributed by atoms with E-state index in [-0.39, 0.29) is 18.1 Å². The van der Waals surface area contributed by atoms with Gasteiger partial charge in [-0.25, -0.2) is 4.79 Å². The maximum absolute atomic E-state index is 12.9. The number of aromatic amines is 1. The average Bonchev–Trinajstić information content (AvgIpc) is 2.70. The Morgan fingerprint density at radius 2 is 1.81 bits per heavy atom. The SMILES string of the molecule is CCN(CC)C(Cn1c(=O)[nH]c2ccccc2c1=O)c1cccc(OC)c1. The molecule has 3 rings (SSSR count). The molecule has 0 bridgehead atoms. The normalized spacial score (nSPS) is 12.4. The van der Waals surface area contributed by atoms with Crippen LogP contribution in [0.15, 0.2) is 58.1 Å². The van der Waals surface area contributed by atoms with Gasteiger partial charge in [-0.15, -0.1) is 0 Å². The first-order valence-electron chi connectivity index (χ1n) is 9.18. The van der Waals surface area contributed by atoms with Crippen molar-refractivity contribution in [3.8, 4) is 5.75 Å².